The van der Waals surface area contributed by atoms with Crippen LogP contribution in [-0.4, -0.2) is 15.1 Å². The van der Waals surface area contributed by atoms with Gasteiger partial charge >= 0.3 is 0 Å². The van der Waals surface area contributed by atoms with Gasteiger partial charge in [0, 0.05) is 5.56 Å². The van der Waals surface area contributed by atoms with E-state index in [1.54, 1.807) is 24.5 Å². The first-order valence-electron chi connectivity index (χ1n) is 5.07. The molecule has 1 aromatic carbocycles. The van der Waals surface area contributed by atoms with Gasteiger partial charge in [-0.25, -0.2) is 9.97 Å². The van der Waals surface area contributed by atoms with Crippen LogP contribution in [0.25, 0.3) is 0 Å². The van der Waals surface area contributed by atoms with E-state index in [0.717, 1.165) is 11.3 Å². The number of phenols is 1. The highest BCUT2D eigenvalue weighted by molar-refractivity contribution is 5.44. The molecular formula is C12H13N3O. The zero-order valence-corrected chi connectivity index (χ0v) is 8.96. The fraction of sp³-hybridized carbons (Fsp3) is 0.167. The molecule has 4 nitrogen and oxygen atoms in total. The molecule has 0 fully saturated rings. The molecule has 0 saturated carbocycles. The normalized spacial score (nSPS) is 12.1. The second kappa shape index (κ2) is 4.61. The van der Waals surface area contributed by atoms with E-state index in [0.29, 0.717) is 5.75 Å². The lowest BCUT2D eigenvalue weighted by Crippen LogP contribution is -2.07. The van der Waals surface area contributed by atoms with Gasteiger partial charge in [0.05, 0.1) is 24.1 Å². The summed E-state index contributed by atoms with van der Waals surface area (Å²) in [6.07, 6.45) is 4.88. The van der Waals surface area contributed by atoms with Crippen LogP contribution in [0.2, 0.25) is 0 Å². The number of nitrogens with zero attached hydrogens (tertiary/aromatic N) is 2. The highest BCUT2D eigenvalue weighted by Crippen LogP contribution is 2.25. The number of nitrogens with one attached hydrogen (secondary N) is 1. The number of hydrogen-bond donors (Lipinski definition) is 2. The van der Waals surface area contributed by atoms with E-state index in [9.17, 15) is 5.11 Å². The van der Waals surface area contributed by atoms with Crippen LogP contribution in [0.4, 0.5) is 5.69 Å². The minimum absolute atomic E-state index is 0.00667. The first-order valence-corrected chi connectivity index (χ1v) is 5.07. The largest absolute Gasteiger partial charge is 0.508 e. The zero-order valence-electron chi connectivity index (χ0n) is 8.96. The van der Waals surface area contributed by atoms with Crippen LogP contribution >= 0.6 is 0 Å². The third-order valence-corrected chi connectivity index (χ3v) is 2.35. The first-order chi connectivity index (χ1) is 7.77. The van der Waals surface area contributed by atoms with Crippen molar-refractivity contribution >= 4 is 5.69 Å². The lowest BCUT2D eigenvalue weighted by Gasteiger charge is -2.15. The summed E-state index contributed by atoms with van der Waals surface area (Å²) in [4.78, 5) is 7.84. The number of aromatic nitrogens is 2. The molecule has 4 heteroatoms. The van der Waals surface area contributed by atoms with Crippen LogP contribution in [-0.2, 0) is 0 Å². The Balaban J connectivity index is 2.15. The molecule has 0 aliphatic carbocycles. The van der Waals surface area contributed by atoms with E-state index in [2.05, 4.69) is 15.3 Å². The maximum Gasteiger partial charge on any atom is 0.120 e. The van der Waals surface area contributed by atoms with Crippen LogP contribution in [0.1, 0.15) is 18.5 Å². The molecule has 2 aromatic rings. The molecule has 0 aliphatic heterocycles. The van der Waals surface area contributed by atoms with Crippen molar-refractivity contribution in [3.63, 3.8) is 0 Å². The number of aromatic hydroxyl groups is 1. The monoisotopic (exact) mass is 215 g/mol. The van der Waals surface area contributed by atoms with E-state index < -0.39 is 0 Å². The molecule has 1 unspecified atom stereocenters. The number of anilines is 1. The summed E-state index contributed by atoms with van der Waals surface area (Å²) in [5, 5.41) is 12.9. The van der Waals surface area contributed by atoms with E-state index in [-0.39, 0.29) is 6.04 Å². The quantitative estimate of drug-likeness (QED) is 0.825. The zero-order chi connectivity index (χ0) is 11.4. The number of benzene rings is 1. The van der Waals surface area contributed by atoms with E-state index in [1.807, 2.05) is 19.1 Å². The summed E-state index contributed by atoms with van der Waals surface area (Å²) >= 11 is 0. The summed E-state index contributed by atoms with van der Waals surface area (Å²) in [6.45, 7) is 1.97. The molecule has 1 atom stereocenters. The standard InChI is InChI=1S/C12H13N3O/c1-9(11-4-2-3-5-12(11)16)15-10-6-13-8-14-7-10/h2-9,15-16H,1H3. The molecule has 0 saturated heterocycles. The van der Waals surface area contributed by atoms with Crippen LogP contribution in [0, 0.1) is 0 Å². The van der Waals surface area contributed by atoms with Gasteiger partial charge in [0.1, 0.15) is 12.1 Å². The molecule has 2 N–H and O–H groups in total. The van der Waals surface area contributed by atoms with Crippen molar-refractivity contribution in [1.82, 2.24) is 9.97 Å². The maximum atomic E-state index is 9.69. The van der Waals surface area contributed by atoms with Gasteiger partial charge < -0.3 is 10.4 Å². The molecular weight excluding hydrogens is 202 g/mol. The summed E-state index contributed by atoms with van der Waals surface area (Å²) in [6, 6.07) is 7.27. The van der Waals surface area contributed by atoms with E-state index in [4.69, 9.17) is 0 Å². The predicted octanol–water partition coefficient (Wildman–Crippen LogP) is 2.36. The number of para-hydroxylation sites is 1. The summed E-state index contributed by atoms with van der Waals surface area (Å²) in [7, 11) is 0. The fourth-order valence-electron chi connectivity index (χ4n) is 1.56. The third kappa shape index (κ3) is 2.28. The van der Waals surface area contributed by atoms with Crippen molar-refractivity contribution in [2.45, 2.75) is 13.0 Å². The van der Waals surface area contributed by atoms with Crippen molar-refractivity contribution in [3.05, 3.63) is 48.5 Å². The summed E-state index contributed by atoms with van der Waals surface area (Å²) in [5.74, 6) is 0.291. The van der Waals surface area contributed by atoms with E-state index >= 15 is 0 Å². The molecule has 2 rings (SSSR count). The Hall–Kier alpha value is -2.10. The van der Waals surface area contributed by atoms with Gasteiger partial charge in [0.15, 0.2) is 0 Å². The van der Waals surface area contributed by atoms with Crippen molar-refractivity contribution in [2.75, 3.05) is 5.32 Å². The second-order valence-electron chi connectivity index (χ2n) is 3.55. The number of rotatable bonds is 3. The average molecular weight is 215 g/mol. The Morgan fingerprint density at radius 1 is 1.19 bits per heavy atom. The molecule has 0 aliphatic rings. The summed E-state index contributed by atoms with van der Waals surface area (Å²) < 4.78 is 0. The molecule has 16 heavy (non-hydrogen) atoms. The second-order valence-corrected chi connectivity index (χ2v) is 3.55. The van der Waals surface area contributed by atoms with Crippen molar-refractivity contribution in [3.8, 4) is 5.75 Å². The van der Waals surface area contributed by atoms with Gasteiger partial charge in [-0.3, -0.25) is 0 Å². The van der Waals surface area contributed by atoms with Crippen molar-refractivity contribution in [2.24, 2.45) is 0 Å². The number of phenolic OH excluding ortho intramolecular Hbond substituents is 1. The average Bonchev–Trinajstić information content (AvgIpc) is 2.31. The molecule has 0 radical (unpaired) electrons. The minimum atomic E-state index is 0.00667. The highest BCUT2D eigenvalue weighted by atomic mass is 16.3. The Morgan fingerprint density at radius 2 is 1.88 bits per heavy atom. The van der Waals surface area contributed by atoms with Gasteiger partial charge in [0.2, 0.25) is 0 Å². The number of hydrogen-bond acceptors (Lipinski definition) is 4. The van der Waals surface area contributed by atoms with Gasteiger partial charge in [-0.15, -0.1) is 0 Å². The molecule has 82 valence electrons. The summed E-state index contributed by atoms with van der Waals surface area (Å²) in [5.41, 5.74) is 1.68. The Kier molecular flexibility index (Phi) is 3.00. The van der Waals surface area contributed by atoms with Gasteiger partial charge in [0.25, 0.3) is 0 Å². The molecule has 0 amide bonds. The molecule has 1 heterocycles. The van der Waals surface area contributed by atoms with Crippen molar-refractivity contribution in [1.29, 1.82) is 0 Å². The lowest BCUT2D eigenvalue weighted by molar-refractivity contribution is 0.465. The molecule has 1 aromatic heterocycles. The topological polar surface area (TPSA) is 58.0 Å². The Morgan fingerprint density at radius 3 is 2.56 bits per heavy atom. The SMILES string of the molecule is CC(Nc1cncnc1)c1ccccc1O. The Labute approximate surface area is 94.0 Å². The smallest absolute Gasteiger partial charge is 0.120 e. The van der Waals surface area contributed by atoms with Gasteiger partial charge in [-0.05, 0) is 13.0 Å². The first kappa shape index (κ1) is 10.4. The van der Waals surface area contributed by atoms with E-state index in [1.165, 1.54) is 6.33 Å². The molecule has 0 spiro atoms. The lowest BCUT2D eigenvalue weighted by atomic mass is 10.1. The minimum Gasteiger partial charge on any atom is -0.508 e. The van der Waals surface area contributed by atoms with Gasteiger partial charge in [-0.2, -0.15) is 0 Å². The van der Waals surface area contributed by atoms with Crippen LogP contribution in [0.5, 0.6) is 5.75 Å². The fourth-order valence-corrected chi connectivity index (χ4v) is 1.56. The van der Waals surface area contributed by atoms with Crippen LogP contribution in [0.15, 0.2) is 43.0 Å². The van der Waals surface area contributed by atoms with Crippen LogP contribution < -0.4 is 5.32 Å². The third-order valence-electron chi connectivity index (χ3n) is 2.35. The van der Waals surface area contributed by atoms with Crippen molar-refractivity contribution < 1.29 is 5.11 Å². The van der Waals surface area contributed by atoms with Crippen LogP contribution in [0.3, 0.4) is 0 Å². The Bertz CT molecular complexity index is 459. The molecule has 0 bridgehead atoms. The predicted molar refractivity (Wildman–Crippen MR) is 62.2 cm³/mol. The highest BCUT2D eigenvalue weighted by Gasteiger charge is 2.09. The van der Waals surface area contributed by atoms with Gasteiger partial charge in [-0.1, -0.05) is 18.2 Å². The maximum absolute atomic E-state index is 9.69.